The van der Waals surface area contributed by atoms with Gasteiger partial charge in [-0.1, -0.05) is 60.7 Å². The van der Waals surface area contributed by atoms with E-state index in [1.54, 1.807) is 18.2 Å². The maximum absolute atomic E-state index is 11.4. The molecule has 0 amide bonds. The quantitative estimate of drug-likeness (QED) is 0.149. The molecule has 1 aliphatic heterocycles. The van der Waals surface area contributed by atoms with Crippen molar-refractivity contribution in [1.82, 2.24) is 0 Å². The molecule has 0 saturated heterocycles. The van der Waals surface area contributed by atoms with Gasteiger partial charge < -0.3 is 38.6 Å². The molecule has 0 aromatic heterocycles. The number of hydrogen-bond acceptors (Lipinski definition) is 9. The van der Waals surface area contributed by atoms with Gasteiger partial charge in [-0.25, -0.2) is 0 Å². The highest BCUT2D eigenvalue weighted by molar-refractivity contribution is 5.91. The molecule has 0 saturated carbocycles. The van der Waals surface area contributed by atoms with Crippen LogP contribution in [0.15, 0.2) is 91.0 Å². The lowest BCUT2D eigenvalue weighted by molar-refractivity contribution is 0.0693. The van der Waals surface area contributed by atoms with Crippen LogP contribution in [-0.2, 0) is 22.3 Å². The summed E-state index contributed by atoms with van der Waals surface area (Å²) >= 11 is 0. The van der Waals surface area contributed by atoms with E-state index in [4.69, 9.17) is 28.4 Å². The van der Waals surface area contributed by atoms with Crippen LogP contribution in [0.3, 0.4) is 0 Å². The largest absolute Gasteiger partial charge is 0.504 e. The van der Waals surface area contributed by atoms with Crippen LogP contribution in [0.1, 0.15) is 21.5 Å². The molecule has 0 unspecified atom stereocenters. The minimum atomic E-state index is 0.0393. The molecule has 1 aliphatic rings. The number of aldehydes is 1. The Morgan fingerprint density at radius 3 is 1.50 bits per heavy atom. The van der Waals surface area contributed by atoms with E-state index in [0.717, 1.165) is 33.4 Å². The molecule has 9 heteroatoms. The second-order valence-corrected chi connectivity index (χ2v) is 11.4. The zero-order valence-corrected chi connectivity index (χ0v) is 26.6. The van der Waals surface area contributed by atoms with E-state index in [1.165, 1.54) is 0 Å². The molecule has 248 valence electrons. The van der Waals surface area contributed by atoms with Crippen LogP contribution in [0.4, 0.5) is 0 Å². The van der Waals surface area contributed by atoms with E-state index >= 15 is 0 Å². The summed E-state index contributed by atoms with van der Waals surface area (Å²) in [5.41, 5.74) is 2.64. The average molecular weight is 651 g/mol. The molecule has 48 heavy (non-hydrogen) atoms. The summed E-state index contributed by atoms with van der Waals surface area (Å²) in [4.78, 5) is 11.4. The fraction of sp³-hybridized carbons (Fsp3) is 0.256. The van der Waals surface area contributed by atoms with Crippen molar-refractivity contribution >= 4 is 27.8 Å². The molecule has 0 fully saturated rings. The first-order valence-corrected chi connectivity index (χ1v) is 15.9. The van der Waals surface area contributed by atoms with Crippen molar-refractivity contribution in [3.63, 3.8) is 0 Å². The zero-order valence-electron chi connectivity index (χ0n) is 26.6. The molecule has 0 radical (unpaired) electrons. The fourth-order valence-electron chi connectivity index (χ4n) is 5.78. The number of carbonyl (C=O) groups is 1. The SMILES string of the molecule is C=C1Cc2c(O)c(cc3ccccc23)OCCOCCOc2ccc(C=O)cc2OCCOCCOc2cc3ccccc3c(c2O)C1. The van der Waals surface area contributed by atoms with E-state index in [-0.39, 0.29) is 57.7 Å². The normalized spacial score (nSPS) is 15.5. The van der Waals surface area contributed by atoms with Crippen molar-refractivity contribution < 1.29 is 43.4 Å². The Balaban J connectivity index is 1.27. The van der Waals surface area contributed by atoms with Crippen LogP contribution in [0.5, 0.6) is 34.5 Å². The number of phenolic OH excluding ortho intramolecular Hbond substituents is 2. The number of carbonyl (C=O) groups excluding carboxylic acids is 1. The summed E-state index contributed by atoms with van der Waals surface area (Å²) in [6, 6.07) is 24.2. The predicted octanol–water partition coefficient (Wildman–Crippen LogP) is 6.82. The number of aromatic hydroxyl groups is 2. The standard InChI is InChI=1S/C39H38O9/c1-26-20-32-30-8-4-2-6-28(30)23-36(38(32)41)47-18-14-43-12-16-45-34-11-10-27(25-40)22-35(34)46-17-13-44-15-19-48-37-24-29-7-3-5-9-31(29)33(21-26)39(37)42/h2-11,22-25,41-42H,1,12-21H2. The minimum Gasteiger partial charge on any atom is -0.504 e. The zero-order chi connectivity index (χ0) is 33.3. The van der Waals surface area contributed by atoms with Gasteiger partial charge in [0.15, 0.2) is 34.5 Å². The summed E-state index contributed by atoms with van der Waals surface area (Å²) in [5.74, 6) is 1.68. The minimum absolute atomic E-state index is 0.0393. The summed E-state index contributed by atoms with van der Waals surface area (Å²) in [7, 11) is 0. The maximum atomic E-state index is 11.4. The van der Waals surface area contributed by atoms with Crippen molar-refractivity contribution in [2.24, 2.45) is 0 Å². The lowest BCUT2D eigenvalue weighted by Gasteiger charge is -2.18. The van der Waals surface area contributed by atoms with Crippen molar-refractivity contribution in [2.75, 3.05) is 52.9 Å². The van der Waals surface area contributed by atoms with E-state index in [9.17, 15) is 15.0 Å². The summed E-state index contributed by atoms with van der Waals surface area (Å²) in [5, 5.41) is 26.4. The van der Waals surface area contributed by atoms with Gasteiger partial charge in [0.2, 0.25) is 0 Å². The fourth-order valence-corrected chi connectivity index (χ4v) is 5.78. The van der Waals surface area contributed by atoms with Crippen LogP contribution in [0, 0.1) is 0 Å². The van der Waals surface area contributed by atoms with Crippen molar-refractivity contribution in [1.29, 1.82) is 0 Å². The number of rotatable bonds is 1. The summed E-state index contributed by atoms with van der Waals surface area (Å²) in [6.45, 7) is 6.34. The number of benzene rings is 5. The van der Waals surface area contributed by atoms with Gasteiger partial charge in [0, 0.05) is 16.7 Å². The summed E-state index contributed by atoms with van der Waals surface area (Å²) < 4.78 is 35.2. The monoisotopic (exact) mass is 650 g/mol. The second-order valence-electron chi connectivity index (χ2n) is 11.4. The molecule has 2 N–H and O–H groups in total. The number of hydrogen-bond donors (Lipinski definition) is 2. The van der Waals surface area contributed by atoms with Gasteiger partial charge in [0.05, 0.1) is 26.4 Å². The first-order valence-electron chi connectivity index (χ1n) is 15.9. The Labute approximate surface area is 278 Å². The van der Waals surface area contributed by atoms with Crippen LogP contribution >= 0.6 is 0 Å². The van der Waals surface area contributed by atoms with Gasteiger partial charge in [-0.3, -0.25) is 4.79 Å². The smallest absolute Gasteiger partial charge is 0.162 e. The van der Waals surface area contributed by atoms with Crippen molar-refractivity contribution in [2.45, 2.75) is 12.8 Å². The lowest BCUT2D eigenvalue weighted by atomic mass is 9.92. The van der Waals surface area contributed by atoms with Crippen LogP contribution in [0.2, 0.25) is 0 Å². The Hall–Kier alpha value is -5.25. The Morgan fingerprint density at radius 2 is 1.00 bits per heavy atom. The number of allylic oxidation sites excluding steroid dienone is 1. The number of fused-ring (bicyclic) bond motifs is 9. The Kier molecular flexibility index (Phi) is 10.6. The Bertz CT molecular complexity index is 1920. The van der Waals surface area contributed by atoms with Crippen LogP contribution < -0.4 is 18.9 Å². The molecule has 5 aromatic carbocycles. The molecular formula is C39H38O9. The van der Waals surface area contributed by atoms with E-state index < -0.39 is 0 Å². The Morgan fingerprint density at radius 1 is 0.542 bits per heavy atom. The molecule has 9 nitrogen and oxygen atoms in total. The molecule has 6 rings (SSSR count). The highest BCUT2D eigenvalue weighted by Crippen LogP contribution is 2.41. The van der Waals surface area contributed by atoms with Gasteiger partial charge in [-0.15, -0.1) is 0 Å². The topological polar surface area (TPSA) is 113 Å². The average Bonchev–Trinajstić information content (AvgIpc) is 3.10. The third-order valence-corrected chi connectivity index (χ3v) is 8.08. The first kappa shape index (κ1) is 32.7. The van der Waals surface area contributed by atoms with Crippen LogP contribution in [0.25, 0.3) is 21.5 Å². The first-order chi connectivity index (χ1) is 23.5. The molecule has 0 aliphatic carbocycles. The van der Waals surface area contributed by atoms with E-state index in [2.05, 4.69) is 6.58 Å². The molecule has 5 aromatic rings. The van der Waals surface area contributed by atoms with E-state index in [1.807, 2.05) is 60.7 Å². The summed E-state index contributed by atoms with van der Waals surface area (Å²) in [6.07, 6.45) is 1.47. The van der Waals surface area contributed by atoms with Crippen LogP contribution in [-0.4, -0.2) is 69.4 Å². The third-order valence-electron chi connectivity index (χ3n) is 8.08. The number of phenols is 2. The maximum Gasteiger partial charge on any atom is 0.162 e. The number of ether oxygens (including phenoxy) is 6. The molecule has 1 heterocycles. The third kappa shape index (κ3) is 7.65. The predicted molar refractivity (Wildman–Crippen MR) is 183 cm³/mol. The van der Waals surface area contributed by atoms with Crippen molar-refractivity contribution in [3.8, 4) is 34.5 Å². The second kappa shape index (κ2) is 15.6. The van der Waals surface area contributed by atoms with Gasteiger partial charge in [0.1, 0.15) is 32.7 Å². The van der Waals surface area contributed by atoms with Gasteiger partial charge in [0.25, 0.3) is 0 Å². The molecule has 4 bridgehead atoms. The van der Waals surface area contributed by atoms with Gasteiger partial charge >= 0.3 is 0 Å². The van der Waals surface area contributed by atoms with E-state index in [0.29, 0.717) is 59.1 Å². The van der Waals surface area contributed by atoms with Crippen molar-refractivity contribution in [3.05, 3.63) is 108 Å². The van der Waals surface area contributed by atoms with Gasteiger partial charge in [-0.05, 0) is 64.7 Å². The molecular weight excluding hydrogens is 612 g/mol. The molecule has 0 spiro atoms. The highest BCUT2D eigenvalue weighted by atomic mass is 16.6. The molecule has 0 atom stereocenters. The highest BCUT2D eigenvalue weighted by Gasteiger charge is 2.19. The lowest BCUT2D eigenvalue weighted by Crippen LogP contribution is -2.14. The van der Waals surface area contributed by atoms with Gasteiger partial charge in [-0.2, -0.15) is 0 Å².